The molecule has 5 nitrogen and oxygen atoms in total. The van der Waals surface area contributed by atoms with Gasteiger partial charge in [0, 0.05) is 5.69 Å². The average Bonchev–Trinajstić information content (AvgIpc) is 2.51. The second-order valence-electron chi connectivity index (χ2n) is 2.80. The summed E-state index contributed by atoms with van der Waals surface area (Å²) in [7, 11) is 0. The summed E-state index contributed by atoms with van der Waals surface area (Å²) in [5, 5.41) is 6.21. The molecule has 2 heterocycles. The SMILES string of the molecule is Cc1ccc(-c2n[nH]c(=S)o2)c(=O)[nH]1. The van der Waals surface area contributed by atoms with E-state index in [0.717, 1.165) is 5.69 Å². The van der Waals surface area contributed by atoms with Crippen LogP contribution in [0.15, 0.2) is 21.3 Å². The van der Waals surface area contributed by atoms with Gasteiger partial charge in [-0.25, -0.2) is 5.10 Å². The Labute approximate surface area is 83.8 Å². The van der Waals surface area contributed by atoms with E-state index in [9.17, 15) is 4.79 Å². The van der Waals surface area contributed by atoms with E-state index in [-0.39, 0.29) is 16.3 Å². The summed E-state index contributed by atoms with van der Waals surface area (Å²) in [6.07, 6.45) is 0. The van der Waals surface area contributed by atoms with Crippen LogP contribution in [-0.4, -0.2) is 15.2 Å². The summed E-state index contributed by atoms with van der Waals surface area (Å²) < 4.78 is 5.02. The smallest absolute Gasteiger partial charge is 0.284 e. The zero-order valence-corrected chi connectivity index (χ0v) is 8.14. The van der Waals surface area contributed by atoms with Crippen LogP contribution in [0.25, 0.3) is 11.5 Å². The highest BCUT2D eigenvalue weighted by Crippen LogP contribution is 2.10. The van der Waals surface area contributed by atoms with Crippen LogP contribution in [0.2, 0.25) is 0 Å². The number of rotatable bonds is 1. The summed E-state index contributed by atoms with van der Waals surface area (Å²) in [5.74, 6) is 0.205. The van der Waals surface area contributed by atoms with Crippen LogP contribution in [0.1, 0.15) is 5.69 Å². The number of hydrogen-bond donors (Lipinski definition) is 2. The lowest BCUT2D eigenvalue weighted by atomic mass is 10.2. The quantitative estimate of drug-likeness (QED) is 0.696. The molecule has 0 aliphatic heterocycles. The highest BCUT2D eigenvalue weighted by Gasteiger charge is 2.07. The fraction of sp³-hybridized carbons (Fsp3) is 0.125. The molecule has 2 aromatic rings. The second kappa shape index (κ2) is 3.22. The van der Waals surface area contributed by atoms with Crippen molar-refractivity contribution < 1.29 is 4.42 Å². The van der Waals surface area contributed by atoms with Gasteiger partial charge < -0.3 is 9.40 Å². The van der Waals surface area contributed by atoms with E-state index in [1.165, 1.54) is 0 Å². The highest BCUT2D eigenvalue weighted by molar-refractivity contribution is 7.71. The van der Waals surface area contributed by atoms with Gasteiger partial charge in [-0.15, -0.1) is 5.10 Å². The van der Waals surface area contributed by atoms with Crippen LogP contribution in [0.5, 0.6) is 0 Å². The molecule has 0 spiro atoms. The number of nitrogens with one attached hydrogen (secondary N) is 2. The Hall–Kier alpha value is -1.69. The minimum atomic E-state index is -0.241. The number of aromatic amines is 2. The van der Waals surface area contributed by atoms with E-state index in [1.807, 2.05) is 0 Å². The largest absolute Gasteiger partial charge is 0.409 e. The van der Waals surface area contributed by atoms with Crippen molar-refractivity contribution in [1.82, 2.24) is 15.2 Å². The van der Waals surface area contributed by atoms with E-state index in [2.05, 4.69) is 15.2 Å². The van der Waals surface area contributed by atoms with Gasteiger partial charge in [0.25, 0.3) is 16.3 Å². The Morgan fingerprint density at radius 3 is 2.86 bits per heavy atom. The molecular weight excluding hydrogens is 202 g/mol. The van der Waals surface area contributed by atoms with Crippen LogP contribution in [0.4, 0.5) is 0 Å². The molecule has 2 N–H and O–H groups in total. The molecule has 0 aliphatic rings. The molecule has 0 aromatic carbocycles. The van der Waals surface area contributed by atoms with Crippen LogP contribution >= 0.6 is 12.2 Å². The number of aryl methyl sites for hydroxylation is 1. The van der Waals surface area contributed by atoms with E-state index in [1.54, 1.807) is 19.1 Å². The van der Waals surface area contributed by atoms with Gasteiger partial charge in [0.1, 0.15) is 5.56 Å². The maximum Gasteiger partial charge on any atom is 0.284 e. The van der Waals surface area contributed by atoms with Crippen LogP contribution < -0.4 is 5.56 Å². The molecule has 14 heavy (non-hydrogen) atoms. The first-order valence-electron chi connectivity index (χ1n) is 3.92. The minimum absolute atomic E-state index is 0.153. The molecule has 0 fully saturated rings. The molecule has 0 bridgehead atoms. The summed E-state index contributed by atoms with van der Waals surface area (Å²) in [4.78, 5) is 14.2. The molecule has 0 saturated heterocycles. The first kappa shape index (κ1) is 8.89. The van der Waals surface area contributed by atoms with Gasteiger partial charge in [-0.05, 0) is 31.3 Å². The van der Waals surface area contributed by atoms with E-state index >= 15 is 0 Å². The number of hydrogen-bond acceptors (Lipinski definition) is 4. The van der Waals surface area contributed by atoms with Crippen LogP contribution in [0.3, 0.4) is 0 Å². The number of nitrogens with zero attached hydrogens (tertiary/aromatic N) is 1. The Morgan fingerprint density at radius 1 is 1.50 bits per heavy atom. The number of pyridine rings is 1. The lowest BCUT2D eigenvalue weighted by molar-refractivity contribution is 0.551. The van der Waals surface area contributed by atoms with Gasteiger partial charge >= 0.3 is 0 Å². The zero-order chi connectivity index (χ0) is 10.1. The molecule has 2 rings (SSSR count). The van der Waals surface area contributed by atoms with Crippen LogP contribution in [0, 0.1) is 11.8 Å². The molecule has 0 amide bonds. The number of H-pyrrole nitrogens is 2. The third-order valence-corrected chi connectivity index (χ3v) is 1.90. The third-order valence-electron chi connectivity index (χ3n) is 1.72. The Morgan fingerprint density at radius 2 is 2.29 bits per heavy atom. The molecule has 2 aromatic heterocycles. The summed E-state index contributed by atoms with van der Waals surface area (Å²) >= 11 is 4.70. The average molecular weight is 209 g/mol. The molecule has 0 unspecified atom stereocenters. The summed E-state index contributed by atoms with van der Waals surface area (Å²) in [6.45, 7) is 1.80. The third kappa shape index (κ3) is 1.51. The predicted octanol–water partition coefficient (Wildman–Crippen LogP) is 1.40. The zero-order valence-electron chi connectivity index (χ0n) is 7.33. The lowest BCUT2D eigenvalue weighted by Crippen LogP contribution is -2.09. The maximum absolute atomic E-state index is 11.4. The highest BCUT2D eigenvalue weighted by atomic mass is 32.1. The topological polar surface area (TPSA) is 74.7 Å². The number of aromatic nitrogens is 3. The first-order chi connectivity index (χ1) is 6.66. The monoisotopic (exact) mass is 209 g/mol. The molecule has 0 aliphatic carbocycles. The standard InChI is InChI=1S/C8H7N3O2S/c1-4-2-3-5(6(12)9-4)7-10-11-8(14)13-7/h2-3H,1H3,(H,9,12)(H,11,14). The predicted molar refractivity (Wildman–Crippen MR) is 52.5 cm³/mol. The molecule has 0 atom stereocenters. The van der Waals surface area contributed by atoms with Crippen molar-refractivity contribution in [2.75, 3.05) is 0 Å². The first-order valence-corrected chi connectivity index (χ1v) is 4.33. The Kier molecular flexibility index (Phi) is 2.05. The fourth-order valence-corrected chi connectivity index (χ4v) is 1.21. The molecule has 0 radical (unpaired) electrons. The van der Waals surface area contributed by atoms with Crippen LogP contribution in [-0.2, 0) is 0 Å². The second-order valence-corrected chi connectivity index (χ2v) is 3.17. The van der Waals surface area contributed by atoms with E-state index < -0.39 is 0 Å². The molecule has 0 saturated carbocycles. The van der Waals surface area contributed by atoms with E-state index in [4.69, 9.17) is 16.6 Å². The lowest BCUT2D eigenvalue weighted by Gasteiger charge is -1.94. The van der Waals surface area contributed by atoms with Crippen molar-refractivity contribution in [1.29, 1.82) is 0 Å². The van der Waals surface area contributed by atoms with Crippen molar-refractivity contribution in [2.24, 2.45) is 0 Å². The van der Waals surface area contributed by atoms with Gasteiger partial charge in [0.05, 0.1) is 0 Å². The van der Waals surface area contributed by atoms with Crippen molar-refractivity contribution in [3.8, 4) is 11.5 Å². The van der Waals surface area contributed by atoms with Gasteiger partial charge in [-0.2, -0.15) is 0 Å². The molecule has 72 valence electrons. The Bertz CT molecular complexity index is 566. The van der Waals surface area contributed by atoms with Crippen molar-refractivity contribution in [3.63, 3.8) is 0 Å². The van der Waals surface area contributed by atoms with Gasteiger partial charge in [0.2, 0.25) is 0 Å². The summed E-state index contributed by atoms with van der Waals surface area (Å²) in [6, 6.07) is 3.41. The van der Waals surface area contributed by atoms with Gasteiger partial charge in [-0.3, -0.25) is 4.79 Å². The Balaban J connectivity index is 2.63. The van der Waals surface area contributed by atoms with Crippen molar-refractivity contribution in [3.05, 3.63) is 33.0 Å². The fourth-order valence-electron chi connectivity index (χ4n) is 1.09. The minimum Gasteiger partial charge on any atom is -0.409 e. The summed E-state index contributed by atoms with van der Waals surface area (Å²) in [5.41, 5.74) is 0.908. The van der Waals surface area contributed by atoms with E-state index in [0.29, 0.717) is 5.56 Å². The molecule has 6 heteroatoms. The van der Waals surface area contributed by atoms with Gasteiger partial charge in [0.15, 0.2) is 0 Å². The normalized spacial score (nSPS) is 10.4. The van der Waals surface area contributed by atoms with Crippen molar-refractivity contribution in [2.45, 2.75) is 6.92 Å². The molecular formula is C8H7N3O2S. The van der Waals surface area contributed by atoms with Gasteiger partial charge in [-0.1, -0.05) is 0 Å². The van der Waals surface area contributed by atoms with Crippen molar-refractivity contribution >= 4 is 12.2 Å². The maximum atomic E-state index is 11.4.